The molecule has 1 aliphatic rings. The van der Waals surface area contributed by atoms with Crippen molar-refractivity contribution < 1.29 is 0 Å². The summed E-state index contributed by atoms with van der Waals surface area (Å²) in [6.45, 7) is 4.57. The van der Waals surface area contributed by atoms with E-state index in [0.29, 0.717) is 0 Å². The summed E-state index contributed by atoms with van der Waals surface area (Å²) in [6.07, 6.45) is 26.6. The second-order valence-corrected chi connectivity index (χ2v) is 6.50. The molecule has 0 heterocycles. The van der Waals surface area contributed by atoms with Gasteiger partial charge in [0.05, 0.1) is 0 Å². The van der Waals surface area contributed by atoms with Crippen LogP contribution in [0.15, 0.2) is 24.3 Å². The number of hydrogen-bond acceptors (Lipinski definition) is 0. The van der Waals surface area contributed by atoms with Crippen molar-refractivity contribution in [2.24, 2.45) is 11.8 Å². The molecular formula is C20H36. The second-order valence-electron chi connectivity index (χ2n) is 6.50. The van der Waals surface area contributed by atoms with Gasteiger partial charge in [0.1, 0.15) is 0 Å². The van der Waals surface area contributed by atoms with Crippen molar-refractivity contribution in [1.29, 1.82) is 0 Å². The van der Waals surface area contributed by atoms with Crippen LogP contribution >= 0.6 is 0 Å². The van der Waals surface area contributed by atoms with Crippen LogP contribution in [-0.4, -0.2) is 0 Å². The zero-order valence-corrected chi connectivity index (χ0v) is 13.9. The van der Waals surface area contributed by atoms with Crippen LogP contribution in [-0.2, 0) is 0 Å². The van der Waals surface area contributed by atoms with E-state index in [2.05, 4.69) is 38.2 Å². The fraction of sp³-hybridized carbons (Fsp3) is 0.800. The van der Waals surface area contributed by atoms with Crippen molar-refractivity contribution in [3.63, 3.8) is 0 Å². The Morgan fingerprint density at radius 2 is 0.850 bits per heavy atom. The highest BCUT2D eigenvalue weighted by atomic mass is 14.1. The molecule has 116 valence electrons. The molecule has 0 unspecified atom stereocenters. The van der Waals surface area contributed by atoms with Crippen LogP contribution in [0.3, 0.4) is 0 Å². The van der Waals surface area contributed by atoms with E-state index in [1.807, 2.05) is 0 Å². The zero-order chi connectivity index (χ0) is 14.5. The molecule has 0 aromatic heterocycles. The van der Waals surface area contributed by atoms with E-state index < -0.39 is 0 Å². The van der Waals surface area contributed by atoms with Crippen molar-refractivity contribution in [2.45, 2.75) is 90.9 Å². The van der Waals surface area contributed by atoms with Crippen molar-refractivity contribution in [2.75, 3.05) is 0 Å². The van der Waals surface area contributed by atoms with Crippen molar-refractivity contribution in [1.82, 2.24) is 0 Å². The Hall–Kier alpha value is -0.520. The zero-order valence-electron chi connectivity index (χ0n) is 13.9. The smallest absolute Gasteiger partial charge is 0.00531 e. The Bertz CT molecular complexity index is 221. The van der Waals surface area contributed by atoms with Gasteiger partial charge in [0.15, 0.2) is 0 Å². The fourth-order valence-corrected chi connectivity index (χ4v) is 3.05. The van der Waals surface area contributed by atoms with Gasteiger partial charge in [-0.05, 0) is 24.7 Å². The lowest BCUT2D eigenvalue weighted by Crippen LogP contribution is -2.02. The van der Waals surface area contributed by atoms with Gasteiger partial charge < -0.3 is 0 Å². The molecule has 0 bridgehead atoms. The minimum absolute atomic E-state index is 0.730. The molecule has 0 heteroatoms. The van der Waals surface area contributed by atoms with Gasteiger partial charge in [0, 0.05) is 0 Å². The van der Waals surface area contributed by atoms with Crippen LogP contribution in [0.2, 0.25) is 0 Å². The lowest BCUT2D eigenvalue weighted by molar-refractivity contribution is 0.548. The van der Waals surface area contributed by atoms with E-state index in [9.17, 15) is 0 Å². The monoisotopic (exact) mass is 276 g/mol. The number of hydrogen-bond donors (Lipinski definition) is 0. The maximum absolute atomic E-state index is 2.47. The summed E-state index contributed by atoms with van der Waals surface area (Å²) < 4.78 is 0. The Labute approximate surface area is 127 Å². The third kappa shape index (κ3) is 8.61. The highest BCUT2D eigenvalue weighted by Crippen LogP contribution is 2.23. The molecule has 0 N–H and O–H groups in total. The third-order valence-corrected chi connectivity index (χ3v) is 4.49. The van der Waals surface area contributed by atoms with Crippen LogP contribution in [0.1, 0.15) is 90.9 Å². The topological polar surface area (TPSA) is 0 Å². The van der Waals surface area contributed by atoms with E-state index in [1.165, 1.54) is 77.0 Å². The number of allylic oxidation sites excluding steroid dienone is 4. The van der Waals surface area contributed by atoms with Crippen LogP contribution in [0.5, 0.6) is 0 Å². The molecule has 0 radical (unpaired) electrons. The predicted molar refractivity (Wildman–Crippen MR) is 92.0 cm³/mol. The molecule has 0 aliphatic heterocycles. The molecular weight excluding hydrogens is 240 g/mol. The Kier molecular flexibility index (Phi) is 10.7. The first-order chi connectivity index (χ1) is 9.86. The molecule has 0 saturated heterocycles. The lowest BCUT2D eigenvalue weighted by atomic mass is 9.89. The summed E-state index contributed by atoms with van der Waals surface area (Å²) in [4.78, 5) is 0. The van der Waals surface area contributed by atoms with E-state index in [1.54, 1.807) is 0 Å². The summed E-state index contributed by atoms with van der Waals surface area (Å²) in [5.74, 6) is 1.46. The van der Waals surface area contributed by atoms with Gasteiger partial charge in [0.2, 0.25) is 0 Å². The summed E-state index contributed by atoms with van der Waals surface area (Å²) in [5.41, 5.74) is 0. The molecule has 0 amide bonds. The molecule has 0 atom stereocenters. The van der Waals surface area contributed by atoms with E-state index >= 15 is 0 Å². The van der Waals surface area contributed by atoms with Gasteiger partial charge in [-0.15, -0.1) is 0 Å². The van der Waals surface area contributed by atoms with Crippen LogP contribution < -0.4 is 0 Å². The van der Waals surface area contributed by atoms with Gasteiger partial charge in [-0.25, -0.2) is 0 Å². The molecule has 1 aliphatic carbocycles. The van der Waals surface area contributed by atoms with Gasteiger partial charge in [-0.2, -0.15) is 0 Å². The molecule has 0 nitrogen and oxygen atoms in total. The molecule has 20 heavy (non-hydrogen) atoms. The van der Waals surface area contributed by atoms with E-state index in [4.69, 9.17) is 0 Å². The van der Waals surface area contributed by atoms with Crippen LogP contribution in [0, 0.1) is 11.8 Å². The molecule has 0 aromatic carbocycles. The Balaban J connectivity index is 2.01. The largest absolute Gasteiger partial charge is 0.0810 e. The third-order valence-electron chi connectivity index (χ3n) is 4.49. The highest BCUT2D eigenvalue weighted by molar-refractivity contribution is 5.13. The molecule has 0 spiro atoms. The normalized spacial score (nSPS) is 21.5. The van der Waals surface area contributed by atoms with Crippen LogP contribution in [0.25, 0.3) is 0 Å². The van der Waals surface area contributed by atoms with Crippen molar-refractivity contribution in [3.05, 3.63) is 24.3 Å². The maximum Gasteiger partial charge on any atom is -0.00531 e. The molecule has 1 rings (SSSR count). The average molecular weight is 277 g/mol. The predicted octanol–water partition coefficient (Wildman–Crippen LogP) is 7.07. The van der Waals surface area contributed by atoms with E-state index in [-0.39, 0.29) is 0 Å². The first-order valence-corrected chi connectivity index (χ1v) is 9.23. The minimum atomic E-state index is 0.730. The Morgan fingerprint density at radius 3 is 1.20 bits per heavy atom. The highest BCUT2D eigenvalue weighted by Gasteiger charge is 2.09. The summed E-state index contributed by atoms with van der Waals surface area (Å²) in [7, 11) is 0. The molecule has 0 saturated carbocycles. The van der Waals surface area contributed by atoms with Gasteiger partial charge in [-0.1, -0.05) is 102 Å². The molecule has 0 aromatic rings. The van der Waals surface area contributed by atoms with Gasteiger partial charge in [-0.3, -0.25) is 0 Å². The summed E-state index contributed by atoms with van der Waals surface area (Å²) in [5, 5.41) is 0. The SMILES string of the molecule is CCCCCCCC1C=CC(CCCCCCC)C=C1. The number of unbranched alkanes of at least 4 members (excludes halogenated alkanes) is 8. The lowest BCUT2D eigenvalue weighted by Gasteiger charge is -2.16. The quantitative estimate of drug-likeness (QED) is 0.264. The summed E-state index contributed by atoms with van der Waals surface area (Å²) >= 11 is 0. The first kappa shape index (κ1) is 17.5. The minimum Gasteiger partial charge on any atom is -0.0810 e. The van der Waals surface area contributed by atoms with Crippen molar-refractivity contribution >= 4 is 0 Å². The van der Waals surface area contributed by atoms with E-state index in [0.717, 1.165) is 11.8 Å². The number of rotatable bonds is 12. The standard InChI is InChI=1S/C20H36/c1-3-5-7-9-11-13-19-15-17-20(18-16-19)14-12-10-8-6-4-2/h15-20H,3-14H2,1-2H3. The maximum atomic E-state index is 2.47. The first-order valence-electron chi connectivity index (χ1n) is 9.23. The fourth-order valence-electron chi connectivity index (χ4n) is 3.05. The second kappa shape index (κ2) is 12.2. The average Bonchev–Trinajstić information content (AvgIpc) is 2.48. The molecule has 0 fully saturated rings. The van der Waals surface area contributed by atoms with Crippen molar-refractivity contribution in [3.8, 4) is 0 Å². The summed E-state index contributed by atoms with van der Waals surface area (Å²) in [6, 6.07) is 0. The Morgan fingerprint density at radius 1 is 0.500 bits per heavy atom. The van der Waals surface area contributed by atoms with Crippen LogP contribution in [0.4, 0.5) is 0 Å². The van der Waals surface area contributed by atoms with Gasteiger partial charge >= 0.3 is 0 Å². The van der Waals surface area contributed by atoms with Gasteiger partial charge in [0.25, 0.3) is 0 Å².